The van der Waals surface area contributed by atoms with E-state index in [1.54, 1.807) is 30.2 Å². The highest BCUT2D eigenvalue weighted by Gasteiger charge is 2.30. The van der Waals surface area contributed by atoms with Crippen LogP contribution in [-0.2, 0) is 4.79 Å². The van der Waals surface area contributed by atoms with Gasteiger partial charge >= 0.3 is 0 Å². The highest BCUT2D eigenvalue weighted by atomic mass is 35.5. The maximum absolute atomic E-state index is 12.9. The number of hydrogen-bond acceptors (Lipinski definition) is 5. The van der Waals surface area contributed by atoms with Crippen LogP contribution in [0.4, 0.5) is 0 Å². The van der Waals surface area contributed by atoms with Gasteiger partial charge in [-0.2, -0.15) is 0 Å². The smallest absolute Gasteiger partial charge is 0.257 e. The Morgan fingerprint density at radius 2 is 2.08 bits per heavy atom. The molecule has 1 saturated heterocycles. The summed E-state index contributed by atoms with van der Waals surface area (Å²) in [7, 11) is 3.08. The maximum atomic E-state index is 12.9. The molecule has 0 bridgehead atoms. The summed E-state index contributed by atoms with van der Waals surface area (Å²) in [4.78, 5) is 26.7. The van der Waals surface area contributed by atoms with E-state index in [-0.39, 0.29) is 30.1 Å². The minimum absolute atomic E-state index is 0. The Morgan fingerprint density at radius 1 is 1.32 bits per heavy atom. The second kappa shape index (κ2) is 10.1. The molecule has 0 aliphatic carbocycles. The van der Waals surface area contributed by atoms with E-state index in [9.17, 15) is 9.59 Å². The molecule has 2 amide bonds. The first-order valence-electron chi connectivity index (χ1n) is 8.09. The van der Waals surface area contributed by atoms with Crippen molar-refractivity contribution >= 4 is 24.2 Å². The summed E-state index contributed by atoms with van der Waals surface area (Å²) >= 11 is 0. The van der Waals surface area contributed by atoms with Gasteiger partial charge < -0.3 is 25.4 Å². The van der Waals surface area contributed by atoms with E-state index in [0.717, 1.165) is 12.8 Å². The molecule has 140 valence electrons. The summed E-state index contributed by atoms with van der Waals surface area (Å²) in [6, 6.07) is 5.12. The lowest BCUT2D eigenvalue weighted by Crippen LogP contribution is -2.46. The monoisotopic (exact) mass is 371 g/mol. The number of carbonyl (C=O) groups is 2. The van der Waals surface area contributed by atoms with Crippen LogP contribution in [0.5, 0.6) is 11.5 Å². The van der Waals surface area contributed by atoms with Gasteiger partial charge in [-0.1, -0.05) is 0 Å². The second-order valence-electron chi connectivity index (χ2n) is 5.74. The van der Waals surface area contributed by atoms with Crippen LogP contribution < -0.4 is 20.5 Å². The molecule has 1 aliphatic heterocycles. The third-order valence-electron chi connectivity index (χ3n) is 4.16. The lowest BCUT2D eigenvalue weighted by Gasteiger charge is -2.32. The second-order valence-corrected chi connectivity index (χ2v) is 5.74. The lowest BCUT2D eigenvalue weighted by atomic mass is 9.96. The Hall–Kier alpha value is -1.99. The van der Waals surface area contributed by atoms with Crippen LogP contribution in [0, 0.1) is 5.92 Å². The van der Waals surface area contributed by atoms with Crippen molar-refractivity contribution in [3.8, 4) is 11.5 Å². The summed E-state index contributed by atoms with van der Waals surface area (Å²) in [5.41, 5.74) is 5.86. The number of methoxy groups -OCH3 is 2. The van der Waals surface area contributed by atoms with Crippen LogP contribution in [0.2, 0.25) is 0 Å². The molecule has 25 heavy (non-hydrogen) atoms. The van der Waals surface area contributed by atoms with Gasteiger partial charge in [0.25, 0.3) is 5.91 Å². The Morgan fingerprint density at radius 3 is 2.72 bits per heavy atom. The molecule has 0 aromatic heterocycles. The molecule has 0 spiro atoms. The zero-order chi connectivity index (χ0) is 17.5. The minimum Gasteiger partial charge on any atom is -0.497 e. The van der Waals surface area contributed by atoms with E-state index < -0.39 is 0 Å². The molecule has 8 heteroatoms. The first kappa shape index (κ1) is 21.1. The fourth-order valence-corrected chi connectivity index (χ4v) is 2.87. The topological polar surface area (TPSA) is 93.9 Å². The van der Waals surface area contributed by atoms with Gasteiger partial charge in [0.15, 0.2) is 0 Å². The molecule has 0 saturated carbocycles. The van der Waals surface area contributed by atoms with E-state index in [1.807, 2.05) is 0 Å². The fraction of sp³-hybridized carbons (Fsp3) is 0.529. The van der Waals surface area contributed by atoms with Gasteiger partial charge in [-0.25, -0.2) is 0 Å². The summed E-state index contributed by atoms with van der Waals surface area (Å²) in [6.45, 7) is 1.88. The Balaban J connectivity index is 0.00000312. The van der Waals surface area contributed by atoms with E-state index in [4.69, 9.17) is 15.2 Å². The number of carbonyl (C=O) groups excluding carboxylic acids is 2. The van der Waals surface area contributed by atoms with Crippen molar-refractivity contribution in [2.45, 2.75) is 12.8 Å². The zero-order valence-corrected chi connectivity index (χ0v) is 15.4. The van der Waals surface area contributed by atoms with Crippen LogP contribution in [0.25, 0.3) is 0 Å². The third kappa shape index (κ3) is 5.24. The molecule has 3 N–H and O–H groups in total. The van der Waals surface area contributed by atoms with Crippen molar-refractivity contribution in [3.63, 3.8) is 0 Å². The molecular weight excluding hydrogens is 346 g/mol. The Labute approximate surface area is 154 Å². The van der Waals surface area contributed by atoms with Gasteiger partial charge in [-0.3, -0.25) is 9.59 Å². The molecule has 1 aromatic rings. The molecule has 0 radical (unpaired) electrons. The van der Waals surface area contributed by atoms with Crippen LogP contribution in [-0.4, -0.2) is 57.1 Å². The number of ether oxygens (including phenoxy) is 2. The van der Waals surface area contributed by atoms with Crippen molar-refractivity contribution in [1.82, 2.24) is 10.2 Å². The number of piperidine rings is 1. The van der Waals surface area contributed by atoms with Crippen LogP contribution in [0.3, 0.4) is 0 Å². The SMILES string of the molecule is COc1ccc(OC)c(C(=O)N2CCCC(C(=O)NCCN)C2)c1.Cl. The predicted molar refractivity (Wildman–Crippen MR) is 97.5 cm³/mol. The molecule has 1 aliphatic rings. The first-order chi connectivity index (χ1) is 11.6. The Kier molecular flexibility index (Phi) is 8.51. The van der Waals surface area contributed by atoms with Gasteiger partial charge in [-0.15, -0.1) is 12.4 Å². The lowest BCUT2D eigenvalue weighted by molar-refractivity contribution is -0.126. The normalized spacial score (nSPS) is 16.6. The number of benzene rings is 1. The van der Waals surface area contributed by atoms with E-state index in [2.05, 4.69) is 5.32 Å². The van der Waals surface area contributed by atoms with E-state index in [1.165, 1.54) is 7.11 Å². The van der Waals surface area contributed by atoms with Gasteiger partial charge in [0.1, 0.15) is 11.5 Å². The minimum atomic E-state index is -0.203. The number of nitrogens with two attached hydrogens (primary N) is 1. The van der Waals surface area contributed by atoms with Gasteiger partial charge in [0.2, 0.25) is 5.91 Å². The average Bonchev–Trinajstić information content (AvgIpc) is 2.64. The van der Waals surface area contributed by atoms with Crippen LogP contribution in [0.15, 0.2) is 18.2 Å². The quantitative estimate of drug-likeness (QED) is 0.779. The van der Waals surface area contributed by atoms with Crippen molar-refractivity contribution in [3.05, 3.63) is 23.8 Å². The maximum Gasteiger partial charge on any atom is 0.257 e. The summed E-state index contributed by atoms with van der Waals surface area (Å²) in [6.07, 6.45) is 1.56. The molecule has 2 rings (SSSR count). The van der Waals surface area contributed by atoms with Crippen LogP contribution in [0.1, 0.15) is 23.2 Å². The first-order valence-corrected chi connectivity index (χ1v) is 8.09. The number of hydrogen-bond donors (Lipinski definition) is 2. The van der Waals surface area contributed by atoms with Crippen molar-refractivity contribution < 1.29 is 19.1 Å². The van der Waals surface area contributed by atoms with Crippen LogP contribution >= 0.6 is 12.4 Å². The molecule has 1 heterocycles. The third-order valence-corrected chi connectivity index (χ3v) is 4.16. The summed E-state index contributed by atoms with van der Waals surface area (Å²) in [5.74, 6) is 0.687. The fourth-order valence-electron chi connectivity index (χ4n) is 2.87. The summed E-state index contributed by atoms with van der Waals surface area (Å²) in [5, 5.41) is 2.80. The number of nitrogens with zero attached hydrogens (tertiary/aromatic N) is 1. The average molecular weight is 372 g/mol. The van der Waals surface area contributed by atoms with Crippen molar-refractivity contribution in [2.75, 3.05) is 40.4 Å². The number of likely N-dealkylation sites (tertiary alicyclic amines) is 1. The highest BCUT2D eigenvalue weighted by Crippen LogP contribution is 2.27. The molecular formula is C17H26ClN3O4. The summed E-state index contributed by atoms with van der Waals surface area (Å²) < 4.78 is 10.5. The molecule has 1 aromatic carbocycles. The largest absolute Gasteiger partial charge is 0.497 e. The molecule has 7 nitrogen and oxygen atoms in total. The number of nitrogens with one attached hydrogen (secondary N) is 1. The predicted octanol–water partition coefficient (Wildman–Crippen LogP) is 1.05. The molecule has 1 fully saturated rings. The molecule has 1 unspecified atom stereocenters. The number of amides is 2. The standard InChI is InChI=1S/C17H25N3O4.ClH/c1-23-13-5-6-15(24-2)14(10-13)17(22)20-9-3-4-12(11-20)16(21)19-8-7-18;/h5-6,10,12H,3-4,7-9,11,18H2,1-2H3,(H,19,21);1H. The zero-order valence-electron chi connectivity index (χ0n) is 14.6. The van der Waals surface area contributed by atoms with Gasteiger partial charge in [-0.05, 0) is 31.0 Å². The van der Waals surface area contributed by atoms with Crippen molar-refractivity contribution in [1.29, 1.82) is 0 Å². The number of halogens is 1. The van der Waals surface area contributed by atoms with Crippen molar-refractivity contribution in [2.24, 2.45) is 11.7 Å². The van der Waals surface area contributed by atoms with E-state index in [0.29, 0.717) is 43.2 Å². The van der Waals surface area contributed by atoms with Gasteiger partial charge in [0.05, 0.1) is 25.7 Å². The highest BCUT2D eigenvalue weighted by molar-refractivity contribution is 5.97. The van der Waals surface area contributed by atoms with Gasteiger partial charge in [0, 0.05) is 26.2 Å². The Bertz CT molecular complexity index is 597. The number of rotatable bonds is 6. The molecule has 1 atom stereocenters. The van der Waals surface area contributed by atoms with E-state index >= 15 is 0 Å².